The molecule has 34 heavy (non-hydrogen) atoms. The third-order valence-electron chi connectivity index (χ3n) is 5.44. The molecule has 1 fully saturated rings. The van der Waals surface area contributed by atoms with Crippen molar-refractivity contribution in [2.75, 3.05) is 27.3 Å². The van der Waals surface area contributed by atoms with Crippen molar-refractivity contribution in [1.29, 1.82) is 0 Å². The number of nitrogens with zero attached hydrogens (tertiary/aromatic N) is 1. The molecule has 0 saturated carbocycles. The number of unbranched alkanes of at least 4 members (excludes halogenated alkanes) is 2. The Labute approximate surface area is 210 Å². The monoisotopic (exact) mass is 498 g/mol. The van der Waals surface area contributed by atoms with Gasteiger partial charge in [0.25, 0.3) is 5.91 Å². The molecule has 3 rings (SSSR count). The standard InChI is InChI=1S/C26H30N2O4S2/c1-31-21-13-12-20(17-22(21)32-2)18-23-25(30)28(26(33)34-23)16-8-4-7-11-24(29)27-15-14-19-9-5-3-6-10-19/h3,5-6,9-10,12-13,17-18H,4,7-8,11,14-16H2,1-2H3,(H,27,29)/b23-18+. The van der Waals surface area contributed by atoms with E-state index in [1.807, 2.05) is 42.5 Å². The van der Waals surface area contributed by atoms with Crippen LogP contribution < -0.4 is 14.8 Å². The molecule has 6 nitrogen and oxygen atoms in total. The molecule has 1 saturated heterocycles. The number of benzene rings is 2. The van der Waals surface area contributed by atoms with Crippen molar-refractivity contribution in [3.05, 3.63) is 64.6 Å². The maximum atomic E-state index is 12.8. The number of methoxy groups -OCH3 is 2. The quantitative estimate of drug-likeness (QED) is 0.257. The summed E-state index contributed by atoms with van der Waals surface area (Å²) in [7, 11) is 3.16. The maximum absolute atomic E-state index is 12.8. The largest absolute Gasteiger partial charge is 0.493 e. The number of hydrogen-bond acceptors (Lipinski definition) is 6. The summed E-state index contributed by atoms with van der Waals surface area (Å²) in [6, 6.07) is 15.6. The van der Waals surface area contributed by atoms with E-state index in [0.717, 1.165) is 31.2 Å². The van der Waals surface area contributed by atoms with Crippen LogP contribution in [0.2, 0.25) is 0 Å². The summed E-state index contributed by atoms with van der Waals surface area (Å²) in [6.07, 6.45) is 5.59. The van der Waals surface area contributed by atoms with Gasteiger partial charge in [-0.15, -0.1) is 0 Å². The van der Waals surface area contributed by atoms with E-state index in [2.05, 4.69) is 17.4 Å². The van der Waals surface area contributed by atoms with Crippen molar-refractivity contribution in [2.24, 2.45) is 0 Å². The van der Waals surface area contributed by atoms with Crippen LogP contribution in [-0.2, 0) is 16.0 Å². The van der Waals surface area contributed by atoms with E-state index < -0.39 is 0 Å². The molecule has 1 N–H and O–H groups in total. The lowest BCUT2D eigenvalue weighted by Gasteiger charge is -2.14. The number of thiocarbonyl (C=S) groups is 1. The van der Waals surface area contributed by atoms with Crippen molar-refractivity contribution in [3.63, 3.8) is 0 Å². The summed E-state index contributed by atoms with van der Waals surface area (Å²) in [6.45, 7) is 1.20. The Balaban J connectivity index is 1.39. The first-order chi connectivity index (χ1) is 16.5. The molecule has 2 aromatic carbocycles. The molecule has 1 aliphatic heterocycles. The Morgan fingerprint density at radius 2 is 1.82 bits per heavy atom. The summed E-state index contributed by atoms with van der Waals surface area (Å²) in [4.78, 5) is 27.1. The first kappa shape index (κ1) is 25.8. The lowest BCUT2D eigenvalue weighted by Crippen LogP contribution is -2.29. The molecule has 1 aliphatic rings. The van der Waals surface area contributed by atoms with Crippen molar-refractivity contribution < 1.29 is 19.1 Å². The molecule has 0 unspecified atom stereocenters. The normalized spacial score (nSPS) is 14.5. The fraction of sp³-hybridized carbons (Fsp3) is 0.346. The van der Waals surface area contributed by atoms with Crippen LogP contribution >= 0.6 is 24.0 Å². The zero-order valence-electron chi connectivity index (χ0n) is 19.5. The van der Waals surface area contributed by atoms with E-state index in [1.54, 1.807) is 19.1 Å². The van der Waals surface area contributed by atoms with Crippen LogP contribution in [0.25, 0.3) is 6.08 Å². The maximum Gasteiger partial charge on any atom is 0.266 e. The molecule has 2 aromatic rings. The highest BCUT2D eigenvalue weighted by molar-refractivity contribution is 8.26. The van der Waals surface area contributed by atoms with Crippen LogP contribution in [-0.4, -0.2) is 48.3 Å². The second-order valence-corrected chi connectivity index (χ2v) is 9.52. The minimum atomic E-state index is -0.0801. The Hall–Kier alpha value is -2.84. The fourth-order valence-electron chi connectivity index (χ4n) is 3.60. The van der Waals surface area contributed by atoms with Gasteiger partial charge in [-0.3, -0.25) is 14.5 Å². The van der Waals surface area contributed by atoms with Crippen molar-refractivity contribution >= 4 is 46.2 Å². The Morgan fingerprint density at radius 1 is 1.06 bits per heavy atom. The van der Waals surface area contributed by atoms with E-state index >= 15 is 0 Å². The molecular formula is C26H30N2O4S2. The van der Waals surface area contributed by atoms with Gasteiger partial charge < -0.3 is 14.8 Å². The van der Waals surface area contributed by atoms with Crippen molar-refractivity contribution in [3.8, 4) is 11.5 Å². The van der Waals surface area contributed by atoms with Gasteiger partial charge in [-0.1, -0.05) is 66.8 Å². The van der Waals surface area contributed by atoms with Crippen LogP contribution in [0.3, 0.4) is 0 Å². The minimum Gasteiger partial charge on any atom is -0.493 e. The fourth-order valence-corrected chi connectivity index (χ4v) is 4.91. The predicted octanol–water partition coefficient (Wildman–Crippen LogP) is 4.82. The average Bonchev–Trinajstić information content (AvgIpc) is 3.11. The molecule has 180 valence electrons. The number of ether oxygens (including phenoxy) is 2. The van der Waals surface area contributed by atoms with Gasteiger partial charge in [0.1, 0.15) is 4.32 Å². The summed E-state index contributed by atoms with van der Waals surface area (Å²) in [5.74, 6) is 1.23. The summed E-state index contributed by atoms with van der Waals surface area (Å²) in [5.41, 5.74) is 2.06. The highest BCUT2D eigenvalue weighted by Crippen LogP contribution is 2.34. The zero-order valence-corrected chi connectivity index (χ0v) is 21.2. The number of carbonyl (C=O) groups is 2. The van der Waals surface area contributed by atoms with E-state index in [0.29, 0.717) is 40.2 Å². The molecular weight excluding hydrogens is 468 g/mol. The molecule has 0 atom stereocenters. The van der Waals surface area contributed by atoms with Crippen molar-refractivity contribution in [1.82, 2.24) is 10.2 Å². The molecule has 0 spiro atoms. The van der Waals surface area contributed by atoms with E-state index in [-0.39, 0.29) is 11.8 Å². The van der Waals surface area contributed by atoms with Crippen LogP contribution in [0.1, 0.15) is 36.8 Å². The SMILES string of the molecule is COc1ccc(/C=C2/SC(=S)N(CCCCCC(=O)NCCc3ccccc3)C2=O)cc1OC. The van der Waals surface area contributed by atoms with Gasteiger partial charge in [-0.2, -0.15) is 0 Å². The van der Waals surface area contributed by atoms with Crippen molar-refractivity contribution in [2.45, 2.75) is 32.1 Å². The molecule has 2 amide bonds. The summed E-state index contributed by atoms with van der Waals surface area (Å²) >= 11 is 6.73. The number of amides is 2. The molecule has 0 bridgehead atoms. The lowest BCUT2D eigenvalue weighted by atomic mass is 10.1. The number of rotatable bonds is 12. The second-order valence-electron chi connectivity index (χ2n) is 7.84. The van der Waals surface area contributed by atoms with Gasteiger partial charge in [0.2, 0.25) is 5.91 Å². The third-order valence-corrected chi connectivity index (χ3v) is 6.82. The predicted molar refractivity (Wildman–Crippen MR) is 141 cm³/mol. The summed E-state index contributed by atoms with van der Waals surface area (Å²) < 4.78 is 11.2. The molecule has 8 heteroatoms. The van der Waals surface area contributed by atoms with E-state index in [9.17, 15) is 9.59 Å². The minimum absolute atomic E-state index is 0.0689. The van der Waals surface area contributed by atoms with Gasteiger partial charge in [-0.05, 0) is 48.6 Å². The molecule has 0 aliphatic carbocycles. The first-order valence-electron chi connectivity index (χ1n) is 11.3. The third kappa shape index (κ3) is 7.33. The number of nitrogens with one attached hydrogen (secondary N) is 1. The first-order valence-corrected chi connectivity index (χ1v) is 12.5. The highest BCUT2D eigenvalue weighted by atomic mass is 32.2. The Kier molecular flexibility index (Phi) is 9.97. The number of hydrogen-bond donors (Lipinski definition) is 1. The molecule has 1 heterocycles. The van der Waals surface area contributed by atoms with E-state index in [4.69, 9.17) is 21.7 Å². The topological polar surface area (TPSA) is 67.9 Å². The van der Waals surface area contributed by atoms with Crippen LogP contribution in [0.4, 0.5) is 0 Å². The smallest absolute Gasteiger partial charge is 0.266 e. The zero-order chi connectivity index (χ0) is 24.3. The Morgan fingerprint density at radius 3 is 2.56 bits per heavy atom. The lowest BCUT2D eigenvalue weighted by molar-refractivity contribution is -0.122. The van der Waals surface area contributed by atoms with E-state index in [1.165, 1.54) is 17.3 Å². The second kappa shape index (κ2) is 13.2. The average molecular weight is 499 g/mol. The van der Waals surface area contributed by atoms with Gasteiger partial charge in [0.15, 0.2) is 11.5 Å². The van der Waals surface area contributed by atoms with Gasteiger partial charge >= 0.3 is 0 Å². The number of carbonyl (C=O) groups excluding carboxylic acids is 2. The molecule has 0 radical (unpaired) electrons. The van der Waals surface area contributed by atoms with Crippen LogP contribution in [0.5, 0.6) is 11.5 Å². The van der Waals surface area contributed by atoms with Crippen LogP contribution in [0.15, 0.2) is 53.4 Å². The van der Waals surface area contributed by atoms with Gasteiger partial charge in [0, 0.05) is 19.5 Å². The highest BCUT2D eigenvalue weighted by Gasteiger charge is 2.31. The number of thioether (sulfide) groups is 1. The van der Waals surface area contributed by atoms with Gasteiger partial charge in [0.05, 0.1) is 19.1 Å². The molecule has 0 aromatic heterocycles. The summed E-state index contributed by atoms with van der Waals surface area (Å²) in [5, 5.41) is 2.97. The van der Waals surface area contributed by atoms with Crippen LogP contribution in [0, 0.1) is 0 Å². The Bertz CT molecular complexity index is 1040. The van der Waals surface area contributed by atoms with Gasteiger partial charge in [-0.25, -0.2) is 0 Å².